The standard InChI is InChI=1S/C18H24N4O.ClH/c1-13-16(12-20-18(23)17-10-6-7-11-19-17)14(2)22(21-13)15-8-4-3-5-9-15;/h3-5,8-9,17,19H,6-7,10-12H2,1-2H3,(H,20,23);1H. The van der Waals surface area contributed by atoms with E-state index >= 15 is 0 Å². The van der Waals surface area contributed by atoms with Gasteiger partial charge in [0, 0.05) is 17.8 Å². The van der Waals surface area contributed by atoms with Crippen LogP contribution in [-0.2, 0) is 11.3 Å². The molecule has 0 aliphatic carbocycles. The van der Waals surface area contributed by atoms with Crippen LogP contribution in [0.5, 0.6) is 0 Å². The van der Waals surface area contributed by atoms with Gasteiger partial charge in [-0.15, -0.1) is 12.4 Å². The molecule has 1 amide bonds. The van der Waals surface area contributed by atoms with E-state index in [1.54, 1.807) is 0 Å². The molecule has 1 atom stereocenters. The number of carbonyl (C=O) groups is 1. The number of hydrogen-bond donors (Lipinski definition) is 2. The van der Waals surface area contributed by atoms with Crippen LogP contribution in [0.3, 0.4) is 0 Å². The Bertz CT molecular complexity index is 678. The zero-order valence-electron chi connectivity index (χ0n) is 14.2. The van der Waals surface area contributed by atoms with Gasteiger partial charge in [-0.2, -0.15) is 5.10 Å². The van der Waals surface area contributed by atoms with Crippen LogP contribution in [0.2, 0.25) is 0 Å². The van der Waals surface area contributed by atoms with E-state index in [1.165, 1.54) is 0 Å². The number of nitrogens with zero attached hydrogens (tertiary/aromatic N) is 2. The first-order valence-corrected chi connectivity index (χ1v) is 8.28. The minimum atomic E-state index is -0.0477. The highest BCUT2D eigenvalue weighted by molar-refractivity contribution is 5.85. The van der Waals surface area contributed by atoms with E-state index in [0.29, 0.717) is 6.54 Å². The van der Waals surface area contributed by atoms with Crippen LogP contribution in [0, 0.1) is 13.8 Å². The van der Waals surface area contributed by atoms with E-state index in [9.17, 15) is 4.79 Å². The van der Waals surface area contributed by atoms with Gasteiger partial charge >= 0.3 is 0 Å². The Morgan fingerprint density at radius 1 is 1.29 bits per heavy atom. The second-order valence-corrected chi connectivity index (χ2v) is 6.12. The molecule has 1 fully saturated rings. The van der Waals surface area contributed by atoms with E-state index in [1.807, 2.05) is 48.9 Å². The van der Waals surface area contributed by atoms with Gasteiger partial charge < -0.3 is 10.6 Å². The van der Waals surface area contributed by atoms with Crippen molar-refractivity contribution in [2.24, 2.45) is 0 Å². The molecule has 1 aliphatic rings. The van der Waals surface area contributed by atoms with Gasteiger partial charge in [0.15, 0.2) is 0 Å². The number of para-hydroxylation sites is 1. The van der Waals surface area contributed by atoms with Crippen molar-refractivity contribution in [1.82, 2.24) is 20.4 Å². The van der Waals surface area contributed by atoms with Gasteiger partial charge in [-0.1, -0.05) is 24.6 Å². The summed E-state index contributed by atoms with van der Waals surface area (Å²) in [6.45, 7) is 5.50. The SMILES string of the molecule is Cc1nn(-c2ccccc2)c(C)c1CNC(=O)C1CCCCN1.Cl. The third-order valence-corrected chi connectivity index (χ3v) is 4.51. The predicted molar refractivity (Wildman–Crippen MR) is 97.8 cm³/mol. The number of benzene rings is 1. The summed E-state index contributed by atoms with van der Waals surface area (Å²) >= 11 is 0. The highest BCUT2D eigenvalue weighted by atomic mass is 35.5. The van der Waals surface area contributed by atoms with Gasteiger partial charge in [-0.3, -0.25) is 4.79 Å². The van der Waals surface area contributed by atoms with Crippen molar-refractivity contribution in [3.05, 3.63) is 47.3 Å². The number of aromatic nitrogens is 2. The van der Waals surface area contributed by atoms with E-state index in [-0.39, 0.29) is 24.4 Å². The van der Waals surface area contributed by atoms with Gasteiger partial charge in [0.25, 0.3) is 0 Å². The molecule has 24 heavy (non-hydrogen) atoms. The number of hydrogen-bond acceptors (Lipinski definition) is 3. The van der Waals surface area contributed by atoms with Gasteiger partial charge in [0.05, 0.1) is 17.4 Å². The van der Waals surface area contributed by atoms with Gasteiger partial charge in [0.1, 0.15) is 0 Å². The highest BCUT2D eigenvalue weighted by Crippen LogP contribution is 2.17. The molecule has 1 aliphatic heterocycles. The number of rotatable bonds is 4. The lowest BCUT2D eigenvalue weighted by Crippen LogP contribution is -2.46. The van der Waals surface area contributed by atoms with Gasteiger partial charge in [-0.25, -0.2) is 4.68 Å². The van der Waals surface area contributed by atoms with Crippen molar-refractivity contribution in [3.8, 4) is 5.69 Å². The van der Waals surface area contributed by atoms with Crippen LogP contribution < -0.4 is 10.6 Å². The van der Waals surface area contributed by atoms with E-state index in [2.05, 4.69) is 15.7 Å². The smallest absolute Gasteiger partial charge is 0.237 e. The van der Waals surface area contributed by atoms with Crippen molar-refractivity contribution in [2.45, 2.75) is 45.7 Å². The number of amides is 1. The molecule has 130 valence electrons. The molecule has 3 rings (SSSR count). The Balaban J connectivity index is 0.00000208. The number of aryl methyl sites for hydroxylation is 1. The lowest BCUT2D eigenvalue weighted by molar-refractivity contribution is -0.123. The lowest BCUT2D eigenvalue weighted by atomic mass is 10.0. The molecular formula is C18H25ClN4O. The molecule has 0 spiro atoms. The topological polar surface area (TPSA) is 59.0 Å². The summed E-state index contributed by atoms with van der Waals surface area (Å²) < 4.78 is 1.94. The molecule has 0 saturated carbocycles. The molecule has 2 aromatic rings. The Labute approximate surface area is 149 Å². The average molecular weight is 349 g/mol. The fourth-order valence-electron chi connectivity index (χ4n) is 3.13. The van der Waals surface area contributed by atoms with Crippen molar-refractivity contribution in [1.29, 1.82) is 0 Å². The second-order valence-electron chi connectivity index (χ2n) is 6.12. The zero-order chi connectivity index (χ0) is 16.2. The maximum absolute atomic E-state index is 12.3. The first-order valence-electron chi connectivity index (χ1n) is 8.28. The average Bonchev–Trinajstić information content (AvgIpc) is 2.88. The summed E-state index contributed by atoms with van der Waals surface area (Å²) in [5, 5.41) is 11.0. The summed E-state index contributed by atoms with van der Waals surface area (Å²) in [6.07, 6.45) is 3.20. The first-order chi connectivity index (χ1) is 11.2. The largest absolute Gasteiger partial charge is 0.351 e. The normalized spacial score (nSPS) is 17.2. The first kappa shape index (κ1) is 18.5. The molecule has 0 radical (unpaired) electrons. The number of halogens is 1. The van der Waals surface area contributed by atoms with Crippen molar-refractivity contribution in [3.63, 3.8) is 0 Å². The highest BCUT2D eigenvalue weighted by Gasteiger charge is 2.21. The Morgan fingerprint density at radius 2 is 2.04 bits per heavy atom. The molecule has 2 heterocycles. The minimum Gasteiger partial charge on any atom is -0.351 e. The minimum absolute atomic E-state index is 0. The van der Waals surface area contributed by atoms with Crippen molar-refractivity contribution in [2.75, 3.05) is 6.54 Å². The molecule has 0 bridgehead atoms. The molecule has 1 aromatic carbocycles. The molecule has 1 aromatic heterocycles. The maximum Gasteiger partial charge on any atom is 0.237 e. The summed E-state index contributed by atoms with van der Waals surface area (Å²) in [6, 6.07) is 10.0. The molecule has 2 N–H and O–H groups in total. The molecule has 1 unspecified atom stereocenters. The molecule has 6 heteroatoms. The van der Waals surface area contributed by atoms with Crippen LogP contribution in [-0.4, -0.2) is 28.3 Å². The quantitative estimate of drug-likeness (QED) is 0.893. The van der Waals surface area contributed by atoms with Crippen LogP contribution in [0.1, 0.15) is 36.2 Å². The molecule has 5 nitrogen and oxygen atoms in total. The maximum atomic E-state index is 12.3. The molecule has 1 saturated heterocycles. The van der Waals surface area contributed by atoms with Crippen molar-refractivity contribution >= 4 is 18.3 Å². The summed E-state index contributed by atoms with van der Waals surface area (Å²) in [4.78, 5) is 12.3. The Hall–Kier alpha value is -1.85. The van der Waals surface area contributed by atoms with E-state index in [4.69, 9.17) is 0 Å². The third-order valence-electron chi connectivity index (χ3n) is 4.51. The van der Waals surface area contributed by atoms with E-state index < -0.39 is 0 Å². The fraction of sp³-hybridized carbons (Fsp3) is 0.444. The number of nitrogens with one attached hydrogen (secondary N) is 2. The predicted octanol–water partition coefficient (Wildman–Crippen LogP) is 2.67. The van der Waals surface area contributed by atoms with Crippen LogP contribution in [0.4, 0.5) is 0 Å². The van der Waals surface area contributed by atoms with Gasteiger partial charge in [-0.05, 0) is 45.4 Å². The summed E-state index contributed by atoms with van der Waals surface area (Å²) in [5.41, 5.74) is 4.17. The van der Waals surface area contributed by atoms with Crippen LogP contribution in [0.25, 0.3) is 5.69 Å². The van der Waals surface area contributed by atoms with Gasteiger partial charge in [0.2, 0.25) is 5.91 Å². The third kappa shape index (κ3) is 3.97. The van der Waals surface area contributed by atoms with Crippen LogP contribution >= 0.6 is 12.4 Å². The van der Waals surface area contributed by atoms with E-state index in [0.717, 1.165) is 48.4 Å². The summed E-state index contributed by atoms with van der Waals surface area (Å²) in [5.74, 6) is 0.0935. The Morgan fingerprint density at radius 3 is 2.71 bits per heavy atom. The zero-order valence-corrected chi connectivity index (χ0v) is 15.0. The van der Waals surface area contributed by atoms with Crippen molar-refractivity contribution < 1.29 is 4.79 Å². The number of carbonyl (C=O) groups excluding carboxylic acids is 1. The monoisotopic (exact) mass is 348 g/mol. The molecular weight excluding hydrogens is 324 g/mol. The fourth-order valence-corrected chi connectivity index (χ4v) is 3.13. The summed E-state index contributed by atoms with van der Waals surface area (Å²) in [7, 11) is 0. The Kier molecular flexibility index (Phi) is 6.40. The van der Waals surface area contributed by atoms with Crippen LogP contribution in [0.15, 0.2) is 30.3 Å². The number of piperidine rings is 1. The second kappa shape index (κ2) is 8.31. The lowest BCUT2D eigenvalue weighted by Gasteiger charge is -2.22.